The number of carbonyl (C=O) groups excluding carboxylic acids is 1. The van der Waals surface area contributed by atoms with E-state index in [-0.39, 0.29) is 0 Å². The monoisotopic (exact) mass is 573 g/mol. The largest absolute Gasteiger partial charge is 0.490 e. The summed E-state index contributed by atoms with van der Waals surface area (Å²) in [6.07, 6.45) is 2.48. The minimum atomic E-state index is -3.75. The van der Waals surface area contributed by atoms with Gasteiger partial charge in [0, 0.05) is 0 Å². The van der Waals surface area contributed by atoms with E-state index < -0.39 is 22.5 Å². The number of nitrogens with one attached hydrogen (secondary N) is 1. The molecule has 0 fully saturated rings. The summed E-state index contributed by atoms with van der Waals surface area (Å²) in [7, 11) is -3.75. The van der Waals surface area contributed by atoms with Crippen LogP contribution in [-0.2, 0) is 21.4 Å². The Hall–Kier alpha value is -4.83. The topological polar surface area (TPSA) is 107 Å². The van der Waals surface area contributed by atoms with Gasteiger partial charge in [0.2, 0.25) is 10.0 Å². The Labute approximate surface area is 240 Å². The number of carbonyl (C=O) groups is 1. The molecule has 0 aromatic heterocycles. The maximum absolute atomic E-state index is 12.6. The number of amides is 1. The van der Waals surface area contributed by atoms with Crippen molar-refractivity contribution >= 4 is 27.8 Å². The summed E-state index contributed by atoms with van der Waals surface area (Å²) in [5, 5.41) is 3.99. The van der Waals surface area contributed by atoms with Gasteiger partial charge < -0.3 is 14.2 Å². The number of hydrogen-bond acceptors (Lipinski definition) is 7. The average molecular weight is 574 g/mol. The molecule has 0 unspecified atom stereocenters. The van der Waals surface area contributed by atoms with Crippen LogP contribution in [0.3, 0.4) is 0 Å². The van der Waals surface area contributed by atoms with Crippen LogP contribution in [0.5, 0.6) is 23.0 Å². The summed E-state index contributed by atoms with van der Waals surface area (Å²) < 4.78 is 43.3. The molecule has 1 amide bonds. The van der Waals surface area contributed by atoms with E-state index in [1.165, 1.54) is 6.21 Å². The molecule has 4 aromatic rings. The van der Waals surface area contributed by atoms with Crippen molar-refractivity contribution in [2.75, 3.05) is 23.7 Å². The molecular formula is C31H31N3O6S. The smallest absolute Gasteiger partial charge is 0.260 e. The number of para-hydroxylation sites is 1. The fraction of sp³-hybridized carbons (Fsp3) is 0.161. The van der Waals surface area contributed by atoms with Crippen molar-refractivity contribution < 1.29 is 27.4 Å². The summed E-state index contributed by atoms with van der Waals surface area (Å²) >= 11 is 0. The van der Waals surface area contributed by atoms with E-state index in [1.54, 1.807) is 42.5 Å². The zero-order valence-corrected chi connectivity index (χ0v) is 23.6. The van der Waals surface area contributed by atoms with Gasteiger partial charge in [-0.1, -0.05) is 48.5 Å². The highest BCUT2D eigenvalue weighted by Crippen LogP contribution is 2.29. The number of nitrogens with zero attached hydrogens (tertiary/aromatic N) is 2. The standard InChI is InChI=1S/C31H31N3O6S/c1-3-38-30-20-25(14-19-29(30)39-23-24-10-6-4-7-11-24)21-32-33-31(35)22-34(41(2,36)37)26-15-17-28(18-16-26)40-27-12-8-5-9-13-27/h4-21H,3,22-23H2,1-2H3,(H,33,35)/b32-21-. The molecule has 41 heavy (non-hydrogen) atoms. The highest BCUT2D eigenvalue weighted by Gasteiger charge is 2.21. The Bertz CT molecular complexity index is 1560. The molecule has 4 aromatic carbocycles. The lowest BCUT2D eigenvalue weighted by molar-refractivity contribution is -0.119. The second-order valence-corrected chi connectivity index (χ2v) is 10.8. The van der Waals surface area contributed by atoms with Crippen molar-refractivity contribution in [3.8, 4) is 23.0 Å². The lowest BCUT2D eigenvalue weighted by Gasteiger charge is -2.21. The fourth-order valence-electron chi connectivity index (χ4n) is 3.78. The van der Waals surface area contributed by atoms with E-state index >= 15 is 0 Å². The van der Waals surface area contributed by atoms with Crippen LogP contribution < -0.4 is 23.9 Å². The third-order valence-electron chi connectivity index (χ3n) is 5.70. The highest BCUT2D eigenvalue weighted by molar-refractivity contribution is 7.92. The first kappa shape index (κ1) is 29.2. The SMILES string of the molecule is CCOc1cc(/C=N\NC(=O)CN(c2ccc(Oc3ccccc3)cc2)S(C)(=O)=O)ccc1OCc1ccccc1. The van der Waals surface area contributed by atoms with Crippen molar-refractivity contribution in [2.45, 2.75) is 13.5 Å². The van der Waals surface area contributed by atoms with E-state index in [0.29, 0.717) is 47.5 Å². The molecule has 212 valence electrons. The van der Waals surface area contributed by atoms with Gasteiger partial charge in [-0.05, 0) is 72.6 Å². The van der Waals surface area contributed by atoms with Crippen molar-refractivity contribution in [2.24, 2.45) is 5.10 Å². The minimum absolute atomic E-state index is 0.319. The first-order chi connectivity index (χ1) is 19.8. The second kappa shape index (κ2) is 14.0. The molecule has 0 bridgehead atoms. The molecule has 0 saturated heterocycles. The molecule has 0 aliphatic rings. The molecule has 1 N–H and O–H groups in total. The molecule has 9 nitrogen and oxygen atoms in total. The van der Waals surface area contributed by atoms with Gasteiger partial charge in [-0.25, -0.2) is 13.8 Å². The number of ether oxygens (including phenoxy) is 3. The molecule has 0 saturated carbocycles. The lowest BCUT2D eigenvalue weighted by atomic mass is 10.2. The van der Waals surface area contributed by atoms with Gasteiger partial charge >= 0.3 is 0 Å². The number of anilines is 1. The van der Waals surface area contributed by atoms with E-state index in [0.717, 1.165) is 16.1 Å². The third-order valence-corrected chi connectivity index (χ3v) is 6.84. The fourth-order valence-corrected chi connectivity index (χ4v) is 4.63. The van der Waals surface area contributed by atoms with Crippen molar-refractivity contribution in [3.63, 3.8) is 0 Å². The molecule has 0 aliphatic carbocycles. The second-order valence-electron chi connectivity index (χ2n) is 8.89. The predicted octanol–water partition coefficient (Wildman–Crippen LogP) is 5.37. The van der Waals surface area contributed by atoms with Gasteiger partial charge in [-0.3, -0.25) is 9.10 Å². The van der Waals surface area contributed by atoms with Crippen molar-refractivity contribution in [1.82, 2.24) is 5.43 Å². The van der Waals surface area contributed by atoms with Crippen LogP contribution in [0.4, 0.5) is 5.69 Å². The lowest BCUT2D eigenvalue weighted by Crippen LogP contribution is -2.39. The zero-order chi connectivity index (χ0) is 29.1. The Morgan fingerprint density at radius 3 is 2.17 bits per heavy atom. The number of hydrogen-bond donors (Lipinski definition) is 1. The third kappa shape index (κ3) is 8.84. The molecule has 0 heterocycles. The van der Waals surface area contributed by atoms with E-state index in [1.807, 2.05) is 67.6 Å². The van der Waals surface area contributed by atoms with Gasteiger partial charge in [-0.2, -0.15) is 5.10 Å². The molecule has 4 rings (SSSR count). The van der Waals surface area contributed by atoms with Gasteiger partial charge in [0.25, 0.3) is 5.91 Å². The molecule has 0 spiro atoms. The number of hydrazone groups is 1. The van der Waals surface area contributed by atoms with Crippen LogP contribution in [0.15, 0.2) is 108 Å². The van der Waals surface area contributed by atoms with Gasteiger partial charge in [0.15, 0.2) is 11.5 Å². The van der Waals surface area contributed by atoms with Gasteiger partial charge in [0.1, 0.15) is 24.7 Å². The van der Waals surface area contributed by atoms with Crippen molar-refractivity contribution in [3.05, 3.63) is 114 Å². The zero-order valence-electron chi connectivity index (χ0n) is 22.8. The number of rotatable bonds is 13. The maximum Gasteiger partial charge on any atom is 0.260 e. The summed E-state index contributed by atoms with van der Waals surface area (Å²) in [5.74, 6) is 1.71. The summed E-state index contributed by atoms with van der Waals surface area (Å²) in [4.78, 5) is 12.6. The number of sulfonamides is 1. The normalized spacial score (nSPS) is 11.2. The molecule has 0 radical (unpaired) electrons. The predicted molar refractivity (Wildman–Crippen MR) is 159 cm³/mol. The van der Waals surface area contributed by atoms with Crippen LogP contribution in [0.2, 0.25) is 0 Å². The Morgan fingerprint density at radius 2 is 1.51 bits per heavy atom. The Balaban J connectivity index is 1.37. The maximum atomic E-state index is 12.6. The molecule has 0 aliphatic heterocycles. The van der Waals surface area contributed by atoms with Gasteiger partial charge in [0.05, 0.1) is 24.8 Å². The van der Waals surface area contributed by atoms with Crippen LogP contribution in [-0.4, -0.2) is 39.9 Å². The number of benzene rings is 4. The quantitative estimate of drug-likeness (QED) is 0.170. The van der Waals surface area contributed by atoms with Crippen LogP contribution >= 0.6 is 0 Å². The first-order valence-corrected chi connectivity index (χ1v) is 14.7. The van der Waals surface area contributed by atoms with Crippen LogP contribution in [0.1, 0.15) is 18.1 Å². The Kier molecular flexibility index (Phi) is 9.95. The molecular weight excluding hydrogens is 542 g/mol. The van der Waals surface area contributed by atoms with E-state index in [4.69, 9.17) is 14.2 Å². The van der Waals surface area contributed by atoms with Crippen molar-refractivity contribution in [1.29, 1.82) is 0 Å². The minimum Gasteiger partial charge on any atom is -0.490 e. The van der Waals surface area contributed by atoms with Gasteiger partial charge in [-0.15, -0.1) is 0 Å². The Morgan fingerprint density at radius 1 is 0.854 bits per heavy atom. The first-order valence-electron chi connectivity index (χ1n) is 12.9. The highest BCUT2D eigenvalue weighted by atomic mass is 32.2. The molecule has 10 heteroatoms. The van der Waals surface area contributed by atoms with E-state index in [9.17, 15) is 13.2 Å². The van der Waals surface area contributed by atoms with E-state index in [2.05, 4.69) is 10.5 Å². The summed E-state index contributed by atoms with van der Waals surface area (Å²) in [6, 6.07) is 30.7. The van der Waals surface area contributed by atoms with Crippen LogP contribution in [0, 0.1) is 0 Å². The summed E-state index contributed by atoms with van der Waals surface area (Å²) in [6.45, 7) is 2.26. The molecule has 0 atom stereocenters. The van der Waals surface area contributed by atoms with Crippen LogP contribution in [0.25, 0.3) is 0 Å². The average Bonchev–Trinajstić information content (AvgIpc) is 2.97. The summed E-state index contributed by atoms with van der Waals surface area (Å²) in [5.41, 5.74) is 4.40.